The molecule has 2 saturated carbocycles. The zero-order valence-electron chi connectivity index (χ0n) is 41.7. The van der Waals surface area contributed by atoms with Gasteiger partial charge in [0, 0.05) is 44.1 Å². The van der Waals surface area contributed by atoms with Gasteiger partial charge in [0.2, 0.25) is 11.7 Å². The Labute approximate surface area is 424 Å². The van der Waals surface area contributed by atoms with E-state index < -0.39 is 17.7 Å². The van der Waals surface area contributed by atoms with Crippen LogP contribution in [-0.4, -0.2) is 71.8 Å². The molecular formula is C61H70N2O9. The molecule has 1 heterocycles. The number of allylic oxidation sites excluding steroid dienone is 1. The summed E-state index contributed by atoms with van der Waals surface area (Å²) in [6.07, 6.45) is 15.6. The first-order valence-electron chi connectivity index (χ1n) is 26.2. The Hall–Kier alpha value is -6.27. The fourth-order valence-corrected chi connectivity index (χ4v) is 12.2. The van der Waals surface area contributed by atoms with Gasteiger partial charge < -0.3 is 38.9 Å². The van der Waals surface area contributed by atoms with Crippen LogP contribution in [0.5, 0.6) is 23.0 Å². The van der Waals surface area contributed by atoms with E-state index in [4.69, 9.17) is 28.9 Å². The maximum atomic E-state index is 15.6. The molecule has 11 heteroatoms. The third-order valence-electron chi connectivity index (χ3n) is 15.6. The number of hydrogen-bond donors (Lipinski definition) is 2. The summed E-state index contributed by atoms with van der Waals surface area (Å²) >= 11 is 0. The molecule has 0 radical (unpaired) electrons. The van der Waals surface area contributed by atoms with Crippen molar-refractivity contribution in [1.82, 2.24) is 4.90 Å². The zero-order valence-corrected chi connectivity index (χ0v) is 41.7. The first-order chi connectivity index (χ1) is 35.4. The van der Waals surface area contributed by atoms with Gasteiger partial charge in [-0.05, 0) is 114 Å². The number of carbonyl (C=O) groups is 2. The van der Waals surface area contributed by atoms with E-state index in [1.807, 2.05) is 53.4 Å². The lowest BCUT2D eigenvalue weighted by molar-refractivity contribution is -0.258. The second-order valence-corrected chi connectivity index (χ2v) is 20.0. The van der Waals surface area contributed by atoms with Crippen molar-refractivity contribution in [3.05, 3.63) is 156 Å². The lowest BCUT2D eigenvalue weighted by Gasteiger charge is -2.60. The van der Waals surface area contributed by atoms with Crippen LogP contribution in [0.2, 0.25) is 0 Å². The molecule has 11 nitrogen and oxygen atoms in total. The second kappa shape index (κ2) is 24.0. The Morgan fingerprint density at radius 2 is 1.62 bits per heavy atom. The van der Waals surface area contributed by atoms with Gasteiger partial charge >= 0.3 is 0 Å². The summed E-state index contributed by atoms with van der Waals surface area (Å²) in [5, 5.41) is 27.5. The van der Waals surface area contributed by atoms with Gasteiger partial charge in [-0.25, -0.2) is 0 Å². The van der Waals surface area contributed by atoms with E-state index in [1.54, 1.807) is 24.3 Å². The third kappa shape index (κ3) is 11.0. The van der Waals surface area contributed by atoms with Crippen LogP contribution in [-0.2, 0) is 27.5 Å². The number of fused-ring (bicyclic) bond motifs is 3. The van der Waals surface area contributed by atoms with Gasteiger partial charge in [0.1, 0.15) is 35.6 Å². The van der Waals surface area contributed by atoms with E-state index in [2.05, 4.69) is 55.1 Å². The van der Waals surface area contributed by atoms with E-state index >= 15 is 4.79 Å². The fraction of sp³-hybridized carbons (Fsp3) is 0.426. The Balaban J connectivity index is 1.25. The van der Waals surface area contributed by atoms with Crippen molar-refractivity contribution in [2.24, 2.45) is 28.8 Å². The molecule has 2 fully saturated rings. The molecule has 0 bridgehead atoms. The lowest BCUT2D eigenvalue weighted by Crippen LogP contribution is -2.70. The topological polar surface area (TPSA) is 136 Å². The predicted molar refractivity (Wildman–Crippen MR) is 280 cm³/mol. The Kier molecular flexibility index (Phi) is 16.9. The number of oxime groups is 1. The number of rotatable bonds is 24. The SMILES string of the molecule is C=CCO[C@@]12Oc3ccc(Oc4ccc(OC)c(C=O)c4)cc3[C@H]3[C@H](CCCCO)[C@@H](CCCCO)C=C(C(=NOCc4ccccc4)C[C@@H]1N(Cc1cccc4ccccc14)C(=O)CCC1CCCC1)[C@H]32. The van der Waals surface area contributed by atoms with Gasteiger partial charge in [-0.3, -0.25) is 9.59 Å². The molecule has 0 aromatic heterocycles. The number of methoxy groups -OCH3 is 1. The average molecular weight is 975 g/mol. The summed E-state index contributed by atoms with van der Waals surface area (Å²) in [4.78, 5) is 36.1. The van der Waals surface area contributed by atoms with Gasteiger partial charge in [-0.15, -0.1) is 6.58 Å². The normalized spacial score (nSPS) is 22.8. The molecule has 0 spiro atoms. The number of aldehydes is 1. The molecule has 0 unspecified atom stereocenters. The summed E-state index contributed by atoms with van der Waals surface area (Å²) in [6, 6.07) is 35.0. The van der Waals surface area contributed by atoms with Crippen LogP contribution in [0.3, 0.4) is 0 Å². The molecule has 2 N–H and O–H groups in total. The Morgan fingerprint density at radius 1 is 0.875 bits per heavy atom. The molecule has 9 rings (SSSR count). The minimum absolute atomic E-state index is 0.0195. The van der Waals surface area contributed by atoms with Crippen LogP contribution in [0.1, 0.15) is 116 Å². The van der Waals surface area contributed by atoms with Gasteiger partial charge in [-0.2, -0.15) is 0 Å². The summed E-state index contributed by atoms with van der Waals surface area (Å²) in [7, 11) is 1.53. The fourth-order valence-electron chi connectivity index (χ4n) is 12.2. The van der Waals surface area contributed by atoms with Crippen molar-refractivity contribution in [3.8, 4) is 23.0 Å². The van der Waals surface area contributed by atoms with Crippen molar-refractivity contribution >= 4 is 28.7 Å². The maximum Gasteiger partial charge on any atom is 0.239 e. The van der Waals surface area contributed by atoms with Crippen LogP contribution in [0, 0.1) is 23.7 Å². The quantitative estimate of drug-likeness (QED) is 0.0268. The molecule has 0 saturated heterocycles. The minimum Gasteiger partial charge on any atom is -0.496 e. The molecule has 4 aliphatic rings. The number of nitrogens with zero attached hydrogens (tertiary/aromatic N) is 2. The van der Waals surface area contributed by atoms with Gasteiger partial charge in [-0.1, -0.05) is 129 Å². The third-order valence-corrected chi connectivity index (χ3v) is 15.6. The van der Waals surface area contributed by atoms with Crippen LogP contribution in [0.25, 0.3) is 10.8 Å². The summed E-state index contributed by atoms with van der Waals surface area (Å²) in [6.45, 7) is 5.06. The van der Waals surface area contributed by atoms with Crippen molar-refractivity contribution < 1.29 is 43.6 Å². The summed E-state index contributed by atoms with van der Waals surface area (Å²) < 4.78 is 27.0. The zero-order chi connectivity index (χ0) is 49.9. The number of hydrogen-bond acceptors (Lipinski definition) is 10. The summed E-state index contributed by atoms with van der Waals surface area (Å²) in [5.41, 5.74) is 5.03. The smallest absolute Gasteiger partial charge is 0.239 e. The van der Waals surface area contributed by atoms with Crippen LogP contribution >= 0.6 is 0 Å². The number of unbranched alkanes of at least 4 members (excludes halogenated alkanes) is 2. The number of carbonyl (C=O) groups excluding carboxylic acids is 2. The van der Waals surface area contributed by atoms with E-state index in [-0.39, 0.29) is 50.1 Å². The van der Waals surface area contributed by atoms with Gasteiger partial charge in [0.15, 0.2) is 6.29 Å². The van der Waals surface area contributed by atoms with Crippen molar-refractivity contribution in [2.75, 3.05) is 26.9 Å². The highest BCUT2D eigenvalue weighted by Crippen LogP contribution is 2.62. The minimum atomic E-state index is -1.42. The first-order valence-corrected chi connectivity index (χ1v) is 26.2. The van der Waals surface area contributed by atoms with Gasteiger partial charge in [0.25, 0.3) is 0 Å². The van der Waals surface area contributed by atoms with Gasteiger partial charge in [0.05, 0.1) is 30.9 Å². The molecule has 1 aliphatic heterocycles. The first kappa shape index (κ1) is 50.7. The molecule has 378 valence electrons. The lowest BCUT2D eigenvalue weighted by atomic mass is 9.55. The van der Waals surface area contributed by atoms with Crippen LogP contribution in [0.15, 0.2) is 139 Å². The highest BCUT2D eigenvalue weighted by atomic mass is 16.7. The molecule has 6 atom stereocenters. The number of aliphatic hydroxyl groups excluding tert-OH is 2. The van der Waals surface area contributed by atoms with Crippen molar-refractivity contribution in [1.29, 1.82) is 0 Å². The molecular weight excluding hydrogens is 905 g/mol. The van der Waals surface area contributed by atoms with Crippen LogP contribution in [0.4, 0.5) is 0 Å². The number of benzene rings is 5. The molecule has 72 heavy (non-hydrogen) atoms. The predicted octanol–water partition coefficient (Wildman–Crippen LogP) is 12.3. The second-order valence-electron chi connectivity index (χ2n) is 20.0. The standard InChI is InChI=1S/C61H70N2O9/c1-3-34-69-61-57(63(58(67)31-26-42-16-7-8-17-42)39-46-23-15-22-44-20-9-10-24-50(44)46)38-54(62-70-41-43-18-5-4-6-19-43)52-36-45(21-11-13-32-64)51(25-12-14-33-65)59(60(52)61)53-37-49(28-30-56(53)72-61)71-48-27-29-55(68-2)47(35-48)40-66/h3-6,9-10,15,18-20,22-24,27-30,35-37,40,42,45,51,57,59-60,64-65H,1,7-8,11-14,16-17,21,25-26,31-34,38-39,41H2,2H3/t45-,51+,57-,59+,60+,61+/m0/s1. The van der Waals surface area contributed by atoms with Crippen molar-refractivity contribution in [2.45, 2.75) is 114 Å². The molecule has 5 aromatic carbocycles. The number of aliphatic hydroxyl groups is 2. The highest BCUT2D eigenvalue weighted by molar-refractivity contribution is 6.03. The Morgan fingerprint density at radius 3 is 2.40 bits per heavy atom. The van der Waals surface area contributed by atoms with Crippen LogP contribution < -0.4 is 14.2 Å². The average Bonchev–Trinajstić information content (AvgIpc) is 3.94. The molecule has 1 amide bonds. The Bertz CT molecular complexity index is 2710. The molecule has 5 aromatic rings. The maximum absolute atomic E-state index is 15.6. The van der Waals surface area contributed by atoms with E-state index in [0.29, 0.717) is 66.7 Å². The molecule has 3 aliphatic carbocycles. The highest BCUT2D eigenvalue weighted by Gasteiger charge is 2.65. The monoisotopic (exact) mass is 975 g/mol. The van der Waals surface area contributed by atoms with E-state index in [9.17, 15) is 15.0 Å². The van der Waals surface area contributed by atoms with E-state index in [0.717, 1.165) is 90.0 Å². The number of ether oxygens (including phenoxy) is 4. The van der Waals surface area contributed by atoms with E-state index in [1.165, 1.54) is 20.0 Å². The van der Waals surface area contributed by atoms with Crippen molar-refractivity contribution in [3.63, 3.8) is 0 Å². The summed E-state index contributed by atoms with van der Waals surface area (Å²) in [5.74, 6) is 0.570. The number of amides is 1. The largest absolute Gasteiger partial charge is 0.496 e.